The van der Waals surface area contributed by atoms with Gasteiger partial charge in [-0.25, -0.2) is 0 Å². The number of para-hydroxylation sites is 1. The van der Waals surface area contributed by atoms with E-state index >= 15 is 0 Å². The van der Waals surface area contributed by atoms with Crippen LogP contribution in [0.3, 0.4) is 0 Å². The molecule has 0 radical (unpaired) electrons. The zero-order valence-corrected chi connectivity index (χ0v) is 16.4. The Labute approximate surface area is 169 Å². The molecule has 0 N–H and O–H groups in total. The van der Waals surface area contributed by atoms with E-state index in [1.54, 1.807) is 29.2 Å². The highest BCUT2D eigenvalue weighted by atomic mass is 35.5. The second-order valence-electron chi connectivity index (χ2n) is 7.26. The van der Waals surface area contributed by atoms with E-state index in [1.165, 1.54) is 0 Å². The Balaban J connectivity index is 1.33. The molecule has 28 heavy (non-hydrogen) atoms. The summed E-state index contributed by atoms with van der Waals surface area (Å²) in [5.74, 6) is 1.23. The van der Waals surface area contributed by atoms with E-state index in [1.807, 2.05) is 23.1 Å². The number of carbonyl (C=O) groups is 2. The molecule has 1 saturated heterocycles. The number of piperazine rings is 1. The van der Waals surface area contributed by atoms with Crippen molar-refractivity contribution in [2.45, 2.75) is 18.8 Å². The Hall–Kier alpha value is -2.53. The number of rotatable bonds is 3. The molecule has 0 spiro atoms. The lowest BCUT2D eigenvalue weighted by atomic mass is 9.90. The summed E-state index contributed by atoms with van der Waals surface area (Å²) in [7, 11) is 0. The van der Waals surface area contributed by atoms with Gasteiger partial charge in [0.15, 0.2) is 0 Å². The van der Waals surface area contributed by atoms with Crippen LogP contribution in [-0.4, -0.2) is 54.4 Å². The quantitative estimate of drug-likeness (QED) is 0.794. The monoisotopic (exact) mass is 398 g/mol. The van der Waals surface area contributed by atoms with E-state index in [2.05, 4.69) is 6.07 Å². The number of halogens is 1. The van der Waals surface area contributed by atoms with Gasteiger partial charge in [-0.05, 0) is 48.2 Å². The molecule has 0 aromatic heterocycles. The van der Waals surface area contributed by atoms with E-state index in [0.717, 1.165) is 17.7 Å². The molecule has 1 unspecified atom stereocenters. The highest BCUT2D eigenvalue weighted by molar-refractivity contribution is 6.30. The predicted octanol–water partition coefficient (Wildman–Crippen LogP) is 3.58. The maximum absolute atomic E-state index is 12.8. The minimum absolute atomic E-state index is 0.0119. The van der Waals surface area contributed by atoms with Gasteiger partial charge in [0.1, 0.15) is 5.75 Å². The van der Waals surface area contributed by atoms with Crippen molar-refractivity contribution in [2.24, 2.45) is 0 Å². The molecule has 2 aliphatic heterocycles. The SMILES string of the molecule is O=C(CC1CCOc2ccccc21)N1CCN(C(=O)c2ccc(Cl)cc2)CC1. The molecule has 5 nitrogen and oxygen atoms in total. The lowest BCUT2D eigenvalue weighted by Crippen LogP contribution is -2.50. The average Bonchev–Trinajstić information content (AvgIpc) is 2.74. The maximum atomic E-state index is 12.8. The minimum atomic E-state index is -0.0119. The van der Waals surface area contributed by atoms with Gasteiger partial charge in [-0.15, -0.1) is 0 Å². The van der Waals surface area contributed by atoms with Crippen LogP contribution in [0.2, 0.25) is 5.02 Å². The maximum Gasteiger partial charge on any atom is 0.253 e. The van der Waals surface area contributed by atoms with E-state index in [4.69, 9.17) is 16.3 Å². The molecule has 2 aromatic carbocycles. The molecule has 1 atom stereocenters. The van der Waals surface area contributed by atoms with E-state index in [-0.39, 0.29) is 17.7 Å². The molecule has 4 rings (SSSR count). The minimum Gasteiger partial charge on any atom is -0.493 e. The van der Waals surface area contributed by atoms with Gasteiger partial charge in [0, 0.05) is 43.2 Å². The average molecular weight is 399 g/mol. The first kappa shape index (κ1) is 18.8. The third-order valence-corrected chi connectivity index (χ3v) is 5.77. The van der Waals surface area contributed by atoms with Gasteiger partial charge >= 0.3 is 0 Å². The normalized spacial score (nSPS) is 19.0. The van der Waals surface area contributed by atoms with Gasteiger partial charge in [0.05, 0.1) is 6.61 Å². The van der Waals surface area contributed by atoms with Crippen LogP contribution in [0.15, 0.2) is 48.5 Å². The van der Waals surface area contributed by atoms with Gasteiger partial charge in [-0.1, -0.05) is 29.8 Å². The van der Waals surface area contributed by atoms with Crippen LogP contribution in [-0.2, 0) is 4.79 Å². The van der Waals surface area contributed by atoms with Crippen LogP contribution >= 0.6 is 11.6 Å². The summed E-state index contributed by atoms with van der Waals surface area (Å²) in [5.41, 5.74) is 1.75. The van der Waals surface area contributed by atoms with E-state index < -0.39 is 0 Å². The number of amides is 2. The molecule has 2 heterocycles. The first-order valence-electron chi connectivity index (χ1n) is 9.66. The number of carbonyl (C=O) groups excluding carboxylic acids is 2. The number of ether oxygens (including phenoxy) is 1. The van der Waals surface area contributed by atoms with Crippen molar-refractivity contribution in [1.82, 2.24) is 9.80 Å². The molecule has 0 bridgehead atoms. The van der Waals surface area contributed by atoms with E-state index in [0.29, 0.717) is 49.8 Å². The first-order chi connectivity index (χ1) is 13.6. The number of hydrogen-bond acceptors (Lipinski definition) is 3. The second-order valence-corrected chi connectivity index (χ2v) is 7.69. The Morgan fingerprint density at radius 3 is 2.39 bits per heavy atom. The van der Waals surface area contributed by atoms with Crippen LogP contribution in [0, 0.1) is 0 Å². The molecule has 0 aliphatic carbocycles. The van der Waals surface area contributed by atoms with Crippen molar-refractivity contribution >= 4 is 23.4 Å². The van der Waals surface area contributed by atoms with E-state index in [9.17, 15) is 9.59 Å². The van der Waals surface area contributed by atoms with Crippen molar-refractivity contribution in [3.63, 3.8) is 0 Å². The molecule has 2 amide bonds. The summed E-state index contributed by atoms with van der Waals surface area (Å²) in [6, 6.07) is 14.9. The van der Waals surface area contributed by atoms with Gasteiger partial charge in [0.25, 0.3) is 5.91 Å². The fraction of sp³-hybridized carbons (Fsp3) is 0.364. The molecule has 6 heteroatoms. The second kappa shape index (κ2) is 8.23. The van der Waals surface area contributed by atoms with Crippen molar-refractivity contribution in [3.05, 3.63) is 64.7 Å². The van der Waals surface area contributed by atoms with Crippen molar-refractivity contribution in [3.8, 4) is 5.75 Å². The molecular formula is C22H23ClN2O3. The molecule has 1 fully saturated rings. The Kier molecular flexibility index (Phi) is 5.53. The smallest absolute Gasteiger partial charge is 0.253 e. The topological polar surface area (TPSA) is 49.9 Å². The molecule has 0 saturated carbocycles. The van der Waals surface area contributed by atoms with Crippen LogP contribution in [0.1, 0.15) is 34.7 Å². The van der Waals surface area contributed by atoms with Gasteiger partial charge < -0.3 is 14.5 Å². The summed E-state index contributed by atoms with van der Waals surface area (Å²) >= 11 is 5.89. The van der Waals surface area contributed by atoms with Crippen LogP contribution in [0.5, 0.6) is 5.75 Å². The lowest BCUT2D eigenvalue weighted by Gasteiger charge is -2.36. The summed E-state index contributed by atoms with van der Waals surface area (Å²) in [6.45, 7) is 2.90. The molecule has 146 valence electrons. The third kappa shape index (κ3) is 3.99. The summed E-state index contributed by atoms with van der Waals surface area (Å²) < 4.78 is 5.69. The number of benzene rings is 2. The zero-order valence-electron chi connectivity index (χ0n) is 15.6. The van der Waals surface area contributed by atoms with Crippen molar-refractivity contribution in [2.75, 3.05) is 32.8 Å². The molecule has 2 aliphatic rings. The number of nitrogens with zero attached hydrogens (tertiary/aromatic N) is 2. The van der Waals surface area contributed by atoms with Crippen molar-refractivity contribution < 1.29 is 14.3 Å². The largest absolute Gasteiger partial charge is 0.493 e. The van der Waals surface area contributed by atoms with Gasteiger partial charge in [0.2, 0.25) is 5.91 Å². The highest BCUT2D eigenvalue weighted by Gasteiger charge is 2.29. The molecule has 2 aromatic rings. The molecular weight excluding hydrogens is 376 g/mol. The van der Waals surface area contributed by atoms with Crippen LogP contribution < -0.4 is 4.74 Å². The lowest BCUT2D eigenvalue weighted by molar-refractivity contribution is -0.133. The number of fused-ring (bicyclic) bond motifs is 1. The third-order valence-electron chi connectivity index (χ3n) is 5.51. The van der Waals surface area contributed by atoms with Crippen LogP contribution in [0.25, 0.3) is 0 Å². The van der Waals surface area contributed by atoms with Crippen LogP contribution in [0.4, 0.5) is 0 Å². The fourth-order valence-corrected chi connectivity index (χ4v) is 4.03. The standard InChI is InChI=1S/C22H23ClN2O3/c23-18-7-5-16(6-8-18)22(27)25-12-10-24(11-13-25)21(26)15-17-9-14-28-20-4-2-1-3-19(17)20/h1-8,17H,9-15H2. The predicted molar refractivity (Wildman–Crippen MR) is 108 cm³/mol. The summed E-state index contributed by atoms with van der Waals surface area (Å²) in [4.78, 5) is 29.1. The number of hydrogen-bond donors (Lipinski definition) is 0. The Morgan fingerprint density at radius 1 is 0.964 bits per heavy atom. The zero-order chi connectivity index (χ0) is 19.5. The summed E-state index contributed by atoms with van der Waals surface area (Å²) in [5, 5.41) is 0.613. The van der Waals surface area contributed by atoms with Gasteiger partial charge in [-0.3, -0.25) is 9.59 Å². The Morgan fingerprint density at radius 2 is 1.64 bits per heavy atom. The fourth-order valence-electron chi connectivity index (χ4n) is 3.90. The van der Waals surface area contributed by atoms with Gasteiger partial charge in [-0.2, -0.15) is 0 Å². The highest BCUT2D eigenvalue weighted by Crippen LogP contribution is 2.35. The first-order valence-corrected chi connectivity index (χ1v) is 10.0. The van der Waals surface area contributed by atoms with Crippen molar-refractivity contribution in [1.29, 1.82) is 0 Å². The Bertz CT molecular complexity index is 860. The summed E-state index contributed by atoms with van der Waals surface area (Å²) in [6.07, 6.45) is 1.35.